The van der Waals surface area contributed by atoms with Crippen molar-refractivity contribution in [1.29, 1.82) is 0 Å². The van der Waals surface area contributed by atoms with Gasteiger partial charge in [0.1, 0.15) is 17.8 Å². The van der Waals surface area contributed by atoms with E-state index >= 15 is 0 Å². The van der Waals surface area contributed by atoms with Crippen molar-refractivity contribution in [3.63, 3.8) is 0 Å². The second kappa shape index (κ2) is 8.28. The smallest absolute Gasteiger partial charge is 0.274 e. The molecule has 0 fully saturated rings. The first-order valence-electron chi connectivity index (χ1n) is 9.65. The summed E-state index contributed by atoms with van der Waals surface area (Å²) in [5, 5.41) is 3.97. The third-order valence-corrected chi connectivity index (χ3v) is 4.63. The molecule has 4 rings (SSSR count). The van der Waals surface area contributed by atoms with Crippen LogP contribution in [0.25, 0.3) is 17.3 Å². The summed E-state index contributed by atoms with van der Waals surface area (Å²) in [4.78, 5) is 27.4. The van der Waals surface area contributed by atoms with Crippen LogP contribution in [-0.4, -0.2) is 42.5 Å². The molecule has 8 heteroatoms. The van der Waals surface area contributed by atoms with Crippen molar-refractivity contribution in [2.45, 2.75) is 26.3 Å². The molecule has 152 valence electrons. The fourth-order valence-corrected chi connectivity index (χ4v) is 2.94. The number of aromatic nitrogens is 5. The van der Waals surface area contributed by atoms with Crippen LogP contribution >= 0.6 is 0 Å². The summed E-state index contributed by atoms with van der Waals surface area (Å²) in [5.41, 5.74) is 2.15. The molecule has 3 heterocycles. The number of benzene rings is 1. The van der Waals surface area contributed by atoms with Gasteiger partial charge < -0.3 is 9.42 Å². The minimum Gasteiger partial charge on any atom is -0.336 e. The van der Waals surface area contributed by atoms with Crippen molar-refractivity contribution in [3.8, 4) is 17.3 Å². The van der Waals surface area contributed by atoms with Gasteiger partial charge in [-0.25, -0.2) is 9.97 Å². The second-order valence-corrected chi connectivity index (χ2v) is 7.33. The molecule has 1 aromatic carbocycles. The molecule has 8 nitrogen and oxygen atoms in total. The van der Waals surface area contributed by atoms with Crippen LogP contribution in [0.15, 0.2) is 65.7 Å². The Labute approximate surface area is 174 Å². The minimum atomic E-state index is -0.152. The first kappa shape index (κ1) is 19.5. The maximum atomic E-state index is 12.7. The first-order valence-corrected chi connectivity index (χ1v) is 9.65. The Morgan fingerprint density at radius 3 is 2.60 bits per heavy atom. The fraction of sp³-hybridized carbons (Fsp3) is 0.227. The molecule has 0 aliphatic carbocycles. The zero-order valence-electron chi connectivity index (χ0n) is 17.1. The van der Waals surface area contributed by atoms with Crippen LogP contribution in [0.3, 0.4) is 0 Å². The van der Waals surface area contributed by atoms with Crippen molar-refractivity contribution in [2.24, 2.45) is 0 Å². The monoisotopic (exact) mass is 402 g/mol. The molecule has 0 aliphatic heterocycles. The highest BCUT2D eigenvalue weighted by Gasteiger charge is 2.16. The average Bonchev–Trinajstić information content (AvgIpc) is 3.44. The molecule has 0 bridgehead atoms. The highest BCUT2D eigenvalue weighted by atomic mass is 16.5. The summed E-state index contributed by atoms with van der Waals surface area (Å²) in [6.07, 6.45) is 4.92. The van der Waals surface area contributed by atoms with Gasteiger partial charge in [0.2, 0.25) is 0 Å². The Hall–Kier alpha value is -3.81. The molecule has 4 aromatic rings. The zero-order chi connectivity index (χ0) is 21.1. The van der Waals surface area contributed by atoms with Gasteiger partial charge in [0.15, 0.2) is 5.82 Å². The third kappa shape index (κ3) is 4.12. The lowest BCUT2D eigenvalue weighted by Crippen LogP contribution is -2.26. The highest BCUT2D eigenvalue weighted by Crippen LogP contribution is 2.20. The maximum Gasteiger partial charge on any atom is 0.274 e. The van der Waals surface area contributed by atoms with Gasteiger partial charge in [0.25, 0.3) is 11.8 Å². The molecule has 0 spiro atoms. The van der Waals surface area contributed by atoms with Gasteiger partial charge in [0.05, 0.1) is 5.56 Å². The highest BCUT2D eigenvalue weighted by molar-refractivity contribution is 5.92. The van der Waals surface area contributed by atoms with E-state index in [4.69, 9.17) is 4.52 Å². The molecule has 0 atom stereocenters. The third-order valence-electron chi connectivity index (χ3n) is 4.63. The lowest BCUT2D eigenvalue weighted by Gasteiger charge is -2.15. The number of carbonyl (C=O) groups is 1. The largest absolute Gasteiger partial charge is 0.336 e. The van der Waals surface area contributed by atoms with E-state index in [0.29, 0.717) is 29.8 Å². The average molecular weight is 402 g/mol. The summed E-state index contributed by atoms with van der Waals surface area (Å²) in [7, 11) is 1.76. The van der Waals surface area contributed by atoms with Crippen molar-refractivity contribution in [1.82, 2.24) is 29.6 Å². The lowest BCUT2D eigenvalue weighted by atomic mass is 10.2. The number of rotatable bonds is 6. The molecular formula is C22H22N6O2. The standard InChI is InChI=1S/C22H22N6O2/c1-15(2)20-25-21(30-26-20)17-9-10-19(23-11-17)28-13-18(24-14-28)22(29)27(3)12-16-7-5-4-6-8-16/h4-11,13-15H,12H2,1-3H3. The van der Waals surface area contributed by atoms with Gasteiger partial charge >= 0.3 is 0 Å². The minimum absolute atomic E-state index is 0.152. The number of nitrogens with zero attached hydrogens (tertiary/aromatic N) is 6. The van der Waals surface area contributed by atoms with E-state index in [0.717, 1.165) is 11.1 Å². The normalized spacial score (nSPS) is 11.1. The molecule has 30 heavy (non-hydrogen) atoms. The Kier molecular flexibility index (Phi) is 5.38. The molecule has 0 unspecified atom stereocenters. The van der Waals surface area contributed by atoms with Crippen molar-refractivity contribution in [2.75, 3.05) is 7.05 Å². The molecule has 0 N–H and O–H groups in total. The molecule has 3 aromatic heterocycles. The lowest BCUT2D eigenvalue weighted by molar-refractivity contribution is 0.0780. The van der Waals surface area contributed by atoms with Gasteiger partial charge in [-0.1, -0.05) is 49.3 Å². The number of carbonyl (C=O) groups excluding carboxylic acids is 1. The van der Waals surface area contributed by atoms with Gasteiger partial charge in [-0.2, -0.15) is 4.98 Å². The van der Waals surface area contributed by atoms with E-state index in [1.54, 1.807) is 35.2 Å². The van der Waals surface area contributed by atoms with Gasteiger partial charge in [-0.3, -0.25) is 9.36 Å². The van der Waals surface area contributed by atoms with Gasteiger partial charge in [-0.15, -0.1) is 0 Å². The van der Waals surface area contributed by atoms with Crippen LogP contribution in [0.2, 0.25) is 0 Å². The predicted molar refractivity (Wildman–Crippen MR) is 111 cm³/mol. The maximum absolute atomic E-state index is 12.7. The fourth-order valence-electron chi connectivity index (χ4n) is 2.94. The quantitative estimate of drug-likeness (QED) is 0.488. The van der Waals surface area contributed by atoms with Crippen LogP contribution < -0.4 is 0 Å². The summed E-state index contributed by atoms with van der Waals surface area (Å²) in [5.74, 6) is 1.77. The molecule has 0 aliphatic rings. The Morgan fingerprint density at radius 1 is 1.13 bits per heavy atom. The zero-order valence-corrected chi connectivity index (χ0v) is 17.1. The Balaban J connectivity index is 1.47. The van der Waals surface area contributed by atoms with Crippen LogP contribution in [-0.2, 0) is 6.54 Å². The SMILES string of the molecule is CC(C)c1noc(-c2ccc(-n3cnc(C(=O)N(C)Cc4ccccc4)c3)nc2)n1. The molecular weight excluding hydrogens is 380 g/mol. The van der Waals surface area contributed by atoms with Crippen LogP contribution in [0.4, 0.5) is 0 Å². The summed E-state index contributed by atoms with van der Waals surface area (Å²) < 4.78 is 7.01. The van der Waals surface area contributed by atoms with Crippen molar-refractivity contribution < 1.29 is 9.32 Å². The van der Waals surface area contributed by atoms with E-state index < -0.39 is 0 Å². The van der Waals surface area contributed by atoms with E-state index in [9.17, 15) is 4.79 Å². The summed E-state index contributed by atoms with van der Waals surface area (Å²) in [6.45, 7) is 4.53. The number of amides is 1. The number of imidazole rings is 1. The topological polar surface area (TPSA) is 89.9 Å². The predicted octanol–water partition coefficient (Wildman–Crippen LogP) is 3.71. The Bertz CT molecular complexity index is 1130. The number of pyridine rings is 1. The second-order valence-electron chi connectivity index (χ2n) is 7.33. The number of hydrogen-bond donors (Lipinski definition) is 0. The van der Waals surface area contributed by atoms with Gasteiger partial charge in [0, 0.05) is 31.9 Å². The van der Waals surface area contributed by atoms with Crippen molar-refractivity contribution >= 4 is 5.91 Å². The number of hydrogen-bond acceptors (Lipinski definition) is 6. The van der Waals surface area contributed by atoms with Crippen molar-refractivity contribution in [3.05, 3.63) is 78.3 Å². The summed E-state index contributed by atoms with van der Waals surface area (Å²) in [6, 6.07) is 13.5. The molecule has 0 saturated carbocycles. The van der Waals surface area contributed by atoms with E-state index in [2.05, 4.69) is 20.1 Å². The summed E-state index contributed by atoms with van der Waals surface area (Å²) >= 11 is 0. The first-order chi connectivity index (χ1) is 14.5. The van der Waals surface area contributed by atoms with E-state index in [1.807, 2.05) is 56.3 Å². The van der Waals surface area contributed by atoms with E-state index in [-0.39, 0.29) is 11.8 Å². The van der Waals surface area contributed by atoms with E-state index in [1.165, 1.54) is 0 Å². The van der Waals surface area contributed by atoms with Gasteiger partial charge in [-0.05, 0) is 17.7 Å². The Morgan fingerprint density at radius 2 is 1.93 bits per heavy atom. The molecule has 1 amide bonds. The van der Waals surface area contributed by atoms with Crippen LogP contribution in [0.1, 0.15) is 41.6 Å². The molecule has 0 radical (unpaired) electrons. The van der Waals surface area contributed by atoms with Crippen LogP contribution in [0.5, 0.6) is 0 Å². The molecule has 0 saturated heterocycles. The van der Waals surface area contributed by atoms with Crippen LogP contribution in [0, 0.1) is 0 Å².